The summed E-state index contributed by atoms with van der Waals surface area (Å²) in [6.45, 7) is 12.3. The van der Waals surface area contributed by atoms with Crippen LogP contribution in [0.5, 0.6) is 0 Å². The lowest BCUT2D eigenvalue weighted by Gasteiger charge is -2.30. The maximum Gasteiger partial charge on any atom is 0.0282 e. The number of likely N-dealkylation sites (tertiary alicyclic amines) is 1. The van der Waals surface area contributed by atoms with Crippen LogP contribution in [0.1, 0.15) is 33.6 Å². The quantitative estimate of drug-likeness (QED) is 0.708. The minimum Gasteiger partial charge on any atom is -0.386 e. The predicted molar refractivity (Wildman–Crippen MR) is 59.8 cm³/mol. The molecule has 0 radical (unpaired) electrons. The standard InChI is InChI=1S/C9H18N2.C2H6/c1-8(2)10-9-4-6-11(3)7-5-9;1-2/h9-10H,1,4-7H2,2-3H3;1-2H3. The van der Waals surface area contributed by atoms with Gasteiger partial charge in [-0.25, -0.2) is 0 Å². The molecule has 0 amide bonds. The Bertz CT molecular complexity index is 135. The molecule has 1 heterocycles. The van der Waals surface area contributed by atoms with Crippen LogP contribution in [0.3, 0.4) is 0 Å². The second-order valence-corrected chi connectivity index (χ2v) is 3.50. The van der Waals surface area contributed by atoms with Gasteiger partial charge in [-0.1, -0.05) is 20.4 Å². The van der Waals surface area contributed by atoms with Crippen molar-refractivity contribution in [1.82, 2.24) is 10.2 Å². The number of nitrogens with zero attached hydrogens (tertiary/aromatic N) is 1. The van der Waals surface area contributed by atoms with Gasteiger partial charge < -0.3 is 10.2 Å². The van der Waals surface area contributed by atoms with Gasteiger partial charge >= 0.3 is 0 Å². The summed E-state index contributed by atoms with van der Waals surface area (Å²) in [7, 11) is 2.18. The van der Waals surface area contributed by atoms with Gasteiger partial charge in [0.25, 0.3) is 0 Å². The van der Waals surface area contributed by atoms with Crippen LogP contribution < -0.4 is 5.32 Å². The van der Waals surface area contributed by atoms with Gasteiger partial charge in [0.05, 0.1) is 0 Å². The molecule has 0 aromatic rings. The number of allylic oxidation sites excluding steroid dienone is 1. The summed E-state index contributed by atoms with van der Waals surface area (Å²) in [6.07, 6.45) is 2.51. The molecule has 1 rings (SSSR count). The van der Waals surface area contributed by atoms with E-state index in [0.29, 0.717) is 6.04 Å². The van der Waals surface area contributed by atoms with E-state index in [-0.39, 0.29) is 0 Å². The zero-order valence-electron chi connectivity index (χ0n) is 9.56. The summed E-state index contributed by atoms with van der Waals surface area (Å²) >= 11 is 0. The van der Waals surface area contributed by atoms with Crippen molar-refractivity contribution >= 4 is 0 Å². The van der Waals surface area contributed by atoms with Crippen molar-refractivity contribution in [2.45, 2.75) is 39.7 Å². The number of rotatable bonds is 2. The number of hydrogen-bond donors (Lipinski definition) is 1. The van der Waals surface area contributed by atoms with Gasteiger partial charge in [-0.05, 0) is 39.9 Å². The number of hydrogen-bond acceptors (Lipinski definition) is 2. The van der Waals surface area contributed by atoms with E-state index < -0.39 is 0 Å². The lowest BCUT2D eigenvalue weighted by atomic mass is 10.1. The molecule has 0 saturated carbocycles. The summed E-state index contributed by atoms with van der Waals surface area (Å²) in [4.78, 5) is 2.37. The Labute approximate surface area is 83.0 Å². The van der Waals surface area contributed by atoms with Crippen molar-refractivity contribution in [1.29, 1.82) is 0 Å². The van der Waals surface area contributed by atoms with E-state index in [4.69, 9.17) is 0 Å². The summed E-state index contributed by atoms with van der Waals surface area (Å²) in [5.41, 5.74) is 1.10. The molecule has 2 nitrogen and oxygen atoms in total. The third kappa shape index (κ3) is 5.69. The van der Waals surface area contributed by atoms with Crippen molar-refractivity contribution in [2.24, 2.45) is 0 Å². The Balaban J connectivity index is 0.000000671. The first kappa shape index (κ1) is 12.5. The zero-order chi connectivity index (χ0) is 10.3. The molecule has 0 spiro atoms. The van der Waals surface area contributed by atoms with Crippen LogP contribution in [0.15, 0.2) is 12.3 Å². The lowest BCUT2D eigenvalue weighted by molar-refractivity contribution is 0.242. The fourth-order valence-electron chi connectivity index (χ4n) is 1.50. The highest BCUT2D eigenvalue weighted by atomic mass is 15.1. The van der Waals surface area contributed by atoms with E-state index in [1.54, 1.807) is 0 Å². The van der Waals surface area contributed by atoms with Crippen LogP contribution in [0.2, 0.25) is 0 Å². The van der Waals surface area contributed by atoms with Crippen LogP contribution in [0.4, 0.5) is 0 Å². The van der Waals surface area contributed by atoms with Gasteiger partial charge in [-0.2, -0.15) is 0 Å². The fourth-order valence-corrected chi connectivity index (χ4v) is 1.50. The van der Waals surface area contributed by atoms with E-state index in [0.717, 1.165) is 5.70 Å². The van der Waals surface area contributed by atoms with Gasteiger partial charge in [-0.3, -0.25) is 0 Å². The third-order valence-corrected chi connectivity index (χ3v) is 2.17. The second kappa shape index (κ2) is 6.96. The van der Waals surface area contributed by atoms with Crippen LogP contribution in [0.25, 0.3) is 0 Å². The molecule has 1 aliphatic rings. The van der Waals surface area contributed by atoms with E-state index in [1.165, 1.54) is 25.9 Å². The van der Waals surface area contributed by atoms with Gasteiger partial charge in [0.2, 0.25) is 0 Å². The molecule has 13 heavy (non-hydrogen) atoms. The van der Waals surface area contributed by atoms with Gasteiger partial charge in [0.1, 0.15) is 0 Å². The Hall–Kier alpha value is -0.500. The average Bonchev–Trinajstić information content (AvgIpc) is 2.12. The maximum atomic E-state index is 3.84. The Morgan fingerprint density at radius 2 is 1.77 bits per heavy atom. The molecule has 78 valence electrons. The SMILES string of the molecule is C=C(C)NC1CCN(C)CC1.CC. The first-order valence-corrected chi connectivity index (χ1v) is 5.29. The fraction of sp³-hybridized carbons (Fsp3) is 0.818. The van der Waals surface area contributed by atoms with E-state index >= 15 is 0 Å². The van der Waals surface area contributed by atoms with E-state index in [9.17, 15) is 0 Å². The predicted octanol–water partition coefficient (Wildman–Crippen LogP) is 2.23. The highest BCUT2D eigenvalue weighted by Crippen LogP contribution is 2.08. The molecule has 2 heteroatoms. The lowest BCUT2D eigenvalue weighted by Crippen LogP contribution is -2.39. The minimum atomic E-state index is 0.670. The summed E-state index contributed by atoms with van der Waals surface area (Å²) in [5.74, 6) is 0. The highest BCUT2D eigenvalue weighted by molar-refractivity contribution is 4.90. The van der Waals surface area contributed by atoms with Crippen molar-refractivity contribution in [3.63, 3.8) is 0 Å². The minimum absolute atomic E-state index is 0.670. The van der Waals surface area contributed by atoms with Crippen molar-refractivity contribution < 1.29 is 0 Å². The molecule has 1 aliphatic heterocycles. The summed E-state index contributed by atoms with van der Waals surface area (Å²) in [5, 5.41) is 3.38. The van der Waals surface area contributed by atoms with Crippen molar-refractivity contribution in [3.05, 3.63) is 12.3 Å². The van der Waals surface area contributed by atoms with Crippen LogP contribution >= 0.6 is 0 Å². The monoisotopic (exact) mass is 184 g/mol. The molecule has 0 aromatic carbocycles. The van der Waals surface area contributed by atoms with Crippen molar-refractivity contribution in [3.8, 4) is 0 Å². The smallest absolute Gasteiger partial charge is 0.0282 e. The Kier molecular flexibility index (Phi) is 6.69. The molecule has 1 N–H and O–H groups in total. The number of nitrogens with one attached hydrogen (secondary N) is 1. The van der Waals surface area contributed by atoms with E-state index in [1.807, 2.05) is 20.8 Å². The molecule has 0 aliphatic carbocycles. The second-order valence-electron chi connectivity index (χ2n) is 3.50. The molecule has 0 aromatic heterocycles. The van der Waals surface area contributed by atoms with Gasteiger partial charge in [-0.15, -0.1) is 0 Å². The van der Waals surface area contributed by atoms with E-state index in [2.05, 4.69) is 23.8 Å². The molecule has 0 atom stereocenters. The van der Waals surface area contributed by atoms with Crippen LogP contribution in [-0.2, 0) is 0 Å². The number of piperidine rings is 1. The Morgan fingerprint density at radius 1 is 1.31 bits per heavy atom. The molecule has 0 unspecified atom stereocenters. The van der Waals surface area contributed by atoms with Crippen LogP contribution in [0, 0.1) is 0 Å². The third-order valence-electron chi connectivity index (χ3n) is 2.17. The normalized spacial score (nSPS) is 18.8. The molecule has 0 bridgehead atoms. The molecular formula is C11H24N2. The first-order chi connectivity index (χ1) is 6.18. The summed E-state index contributed by atoms with van der Waals surface area (Å²) in [6, 6.07) is 0.670. The maximum absolute atomic E-state index is 3.84. The summed E-state index contributed by atoms with van der Waals surface area (Å²) < 4.78 is 0. The molecular weight excluding hydrogens is 160 g/mol. The van der Waals surface area contributed by atoms with Gasteiger partial charge in [0, 0.05) is 11.7 Å². The molecule has 1 fully saturated rings. The van der Waals surface area contributed by atoms with Gasteiger partial charge in [0.15, 0.2) is 0 Å². The van der Waals surface area contributed by atoms with Crippen LogP contribution in [-0.4, -0.2) is 31.1 Å². The first-order valence-electron chi connectivity index (χ1n) is 5.29. The zero-order valence-corrected chi connectivity index (χ0v) is 9.56. The topological polar surface area (TPSA) is 15.3 Å². The average molecular weight is 184 g/mol. The van der Waals surface area contributed by atoms with Crippen molar-refractivity contribution in [2.75, 3.05) is 20.1 Å². The largest absolute Gasteiger partial charge is 0.386 e. The molecule has 1 saturated heterocycles. The highest BCUT2D eigenvalue weighted by Gasteiger charge is 2.15. The Morgan fingerprint density at radius 3 is 2.15 bits per heavy atom.